The van der Waals surface area contributed by atoms with Gasteiger partial charge in [0.05, 0.1) is 17.1 Å². The molecule has 0 spiro atoms. The fourth-order valence-corrected chi connectivity index (χ4v) is 6.59. The van der Waals surface area contributed by atoms with Gasteiger partial charge >= 0.3 is 0 Å². The Hall–Kier alpha value is -3.25. The van der Waals surface area contributed by atoms with Crippen molar-refractivity contribution in [2.75, 3.05) is 5.75 Å². The summed E-state index contributed by atoms with van der Waals surface area (Å²) in [6.07, 6.45) is 0.0246. The molecule has 6 atom stereocenters. The van der Waals surface area contributed by atoms with Crippen LogP contribution in [0.3, 0.4) is 0 Å². The number of ether oxygens (including phenoxy) is 1. The minimum atomic E-state index is -0.754. The Labute approximate surface area is 235 Å². The van der Waals surface area contributed by atoms with Gasteiger partial charge in [0, 0.05) is 11.1 Å². The predicted molar refractivity (Wildman–Crippen MR) is 152 cm³/mol. The maximum Gasteiger partial charge on any atom is 0.271 e. The highest BCUT2D eigenvalue weighted by molar-refractivity contribution is 8.14. The second kappa shape index (κ2) is 11.5. The number of fused-ring (bicyclic) bond motifs is 4. The summed E-state index contributed by atoms with van der Waals surface area (Å²) in [7, 11) is 0. The van der Waals surface area contributed by atoms with E-state index in [2.05, 4.69) is 30.9 Å². The van der Waals surface area contributed by atoms with Crippen molar-refractivity contribution in [3.8, 4) is 0 Å². The fraction of sp³-hybridized carbons (Fsp3) is 0.481. The summed E-state index contributed by atoms with van der Waals surface area (Å²) >= 11 is 2.79. The number of amides is 3. The number of thiazole rings is 1. The molecule has 1 unspecified atom stereocenters. The van der Waals surface area contributed by atoms with Crippen LogP contribution in [-0.2, 0) is 20.7 Å². The van der Waals surface area contributed by atoms with E-state index in [1.807, 2.05) is 51.1 Å². The van der Waals surface area contributed by atoms with Crippen molar-refractivity contribution in [3.63, 3.8) is 0 Å². The minimum Gasteiger partial charge on any atom is -0.474 e. The number of aromatic nitrogens is 1. The molecule has 4 heterocycles. The number of carbonyl (C=O) groups is 3. The maximum atomic E-state index is 13.3. The molecule has 39 heavy (non-hydrogen) atoms. The summed E-state index contributed by atoms with van der Waals surface area (Å²) in [6.45, 7) is 7.54. The van der Waals surface area contributed by atoms with E-state index in [0.29, 0.717) is 28.1 Å². The molecule has 6 bridgehead atoms. The Balaban J connectivity index is 1.50. The Kier molecular flexibility index (Phi) is 8.03. The molecule has 12 heteroatoms. The van der Waals surface area contributed by atoms with Crippen molar-refractivity contribution in [1.29, 1.82) is 0 Å². The van der Waals surface area contributed by atoms with Gasteiger partial charge in [0.15, 0.2) is 6.04 Å². The number of benzene rings is 1. The first-order valence-electron chi connectivity index (χ1n) is 13.1. The lowest BCUT2D eigenvalue weighted by Crippen LogP contribution is -2.45. The van der Waals surface area contributed by atoms with Gasteiger partial charge in [-0.05, 0) is 31.7 Å². The summed E-state index contributed by atoms with van der Waals surface area (Å²) in [4.78, 5) is 53.6. The normalized spacial score (nSPS) is 29.4. The summed E-state index contributed by atoms with van der Waals surface area (Å²) in [5.41, 5.74) is 1.29. The summed E-state index contributed by atoms with van der Waals surface area (Å²) in [5.74, 6) is -0.113. The molecule has 206 valence electrons. The van der Waals surface area contributed by atoms with Crippen LogP contribution in [0.2, 0.25) is 0 Å². The van der Waals surface area contributed by atoms with E-state index in [1.165, 1.54) is 23.1 Å². The van der Waals surface area contributed by atoms with E-state index in [4.69, 9.17) is 4.74 Å². The van der Waals surface area contributed by atoms with Crippen molar-refractivity contribution in [3.05, 3.63) is 52.0 Å². The third kappa shape index (κ3) is 6.01. The summed E-state index contributed by atoms with van der Waals surface area (Å²) < 4.78 is 5.98. The molecule has 3 aliphatic rings. The van der Waals surface area contributed by atoms with Gasteiger partial charge in [-0.2, -0.15) is 0 Å². The number of nitrogens with zero attached hydrogens (tertiary/aromatic N) is 3. The highest BCUT2D eigenvalue weighted by atomic mass is 32.2. The van der Waals surface area contributed by atoms with Crippen LogP contribution in [0.1, 0.15) is 54.8 Å². The van der Waals surface area contributed by atoms with E-state index >= 15 is 0 Å². The third-order valence-corrected chi connectivity index (χ3v) is 9.06. The zero-order chi connectivity index (χ0) is 27.7. The molecule has 1 aromatic heterocycles. The van der Waals surface area contributed by atoms with Crippen LogP contribution in [0.4, 0.5) is 0 Å². The van der Waals surface area contributed by atoms with Crippen molar-refractivity contribution >= 4 is 51.8 Å². The van der Waals surface area contributed by atoms with Crippen molar-refractivity contribution in [2.45, 2.75) is 70.4 Å². The Morgan fingerprint density at radius 1 is 1.03 bits per heavy atom. The SMILES string of the molecule is CC(C)[C@@H]1NC(=O)c2csc(n2)[C@H](Cc2ccccc2)NC(=O)C2CSC(=N2)[C@@H](C)NC(=O)[C@H]2N=C1O[C@@H]2C. The molecule has 10 nitrogen and oxygen atoms in total. The van der Waals surface area contributed by atoms with Gasteiger partial charge in [0.25, 0.3) is 5.91 Å². The Morgan fingerprint density at radius 3 is 2.54 bits per heavy atom. The van der Waals surface area contributed by atoms with Crippen LogP contribution in [0, 0.1) is 5.92 Å². The predicted octanol–water partition coefficient (Wildman–Crippen LogP) is 2.52. The summed E-state index contributed by atoms with van der Waals surface area (Å²) in [6, 6.07) is 7.14. The molecule has 3 N–H and O–H groups in total. The molecular weight excluding hydrogens is 536 g/mol. The second-order valence-electron chi connectivity index (χ2n) is 10.3. The Bertz CT molecular complexity index is 1310. The molecule has 5 rings (SSSR count). The number of nitrogens with one attached hydrogen (secondary N) is 3. The molecule has 0 radical (unpaired) electrons. The number of aliphatic imine (C=N–C) groups is 2. The van der Waals surface area contributed by atoms with Crippen LogP contribution in [0.15, 0.2) is 45.7 Å². The first kappa shape index (κ1) is 27.3. The van der Waals surface area contributed by atoms with E-state index in [-0.39, 0.29) is 35.4 Å². The zero-order valence-corrected chi connectivity index (χ0v) is 23.8. The monoisotopic (exact) mass is 568 g/mol. The van der Waals surface area contributed by atoms with Crippen LogP contribution in [-0.4, -0.2) is 69.7 Å². The van der Waals surface area contributed by atoms with Gasteiger partial charge in [-0.25, -0.2) is 9.98 Å². The van der Waals surface area contributed by atoms with E-state index < -0.39 is 30.3 Å². The summed E-state index contributed by atoms with van der Waals surface area (Å²) in [5, 5.41) is 12.1. The molecule has 0 saturated carbocycles. The lowest BCUT2D eigenvalue weighted by Gasteiger charge is -2.22. The van der Waals surface area contributed by atoms with Crippen LogP contribution in [0.5, 0.6) is 0 Å². The highest BCUT2D eigenvalue weighted by Crippen LogP contribution is 2.26. The first-order valence-corrected chi connectivity index (χ1v) is 14.9. The van der Waals surface area contributed by atoms with Gasteiger partial charge in [0.2, 0.25) is 17.7 Å². The lowest BCUT2D eigenvalue weighted by molar-refractivity contribution is -0.124. The van der Waals surface area contributed by atoms with Gasteiger partial charge in [-0.15, -0.1) is 23.1 Å². The average molecular weight is 569 g/mol. The molecule has 0 fully saturated rings. The number of thioether (sulfide) groups is 1. The lowest BCUT2D eigenvalue weighted by atomic mass is 10.0. The van der Waals surface area contributed by atoms with Gasteiger partial charge in [-0.3, -0.25) is 19.4 Å². The number of carbonyl (C=O) groups excluding carboxylic acids is 3. The molecule has 0 saturated heterocycles. The van der Waals surface area contributed by atoms with Gasteiger partial charge in [-0.1, -0.05) is 44.2 Å². The minimum absolute atomic E-state index is 0.0457. The standard InChI is InChI=1S/C27H32N6O4S2/c1-13(2)20-25-33-21(15(4)37-25)24(36)28-14(3)26-30-18(11-38-26)22(34)29-17(10-16-8-6-5-7-9-16)27-31-19(12-39-27)23(35)32-20/h5-9,12-15,17-18,20-21H,10-11H2,1-4H3,(H,28,36)(H,29,34)(H,32,35)/t14-,15-,17+,18?,20+,21+/m1/s1. The molecular formula is C27H32N6O4S2. The molecule has 3 amide bonds. The van der Waals surface area contributed by atoms with E-state index in [9.17, 15) is 14.4 Å². The molecule has 2 aromatic rings. The van der Waals surface area contributed by atoms with E-state index in [1.54, 1.807) is 12.3 Å². The quantitative estimate of drug-likeness (QED) is 0.521. The molecule has 0 aliphatic carbocycles. The smallest absolute Gasteiger partial charge is 0.271 e. The third-order valence-electron chi connectivity index (χ3n) is 6.86. The maximum absolute atomic E-state index is 13.3. The number of hydrogen-bond acceptors (Lipinski definition) is 9. The van der Waals surface area contributed by atoms with Crippen LogP contribution >= 0.6 is 23.1 Å². The van der Waals surface area contributed by atoms with Crippen LogP contribution in [0.25, 0.3) is 0 Å². The van der Waals surface area contributed by atoms with Crippen molar-refractivity contribution in [1.82, 2.24) is 20.9 Å². The zero-order valence-electron chi connectivity index (χ0n) is 22.2. The van der Waals surface area contributed by atoms with Crippen LogP contribution < -0.4 is 16.0 Å². The fourth-order valence-electron chi connectivity index (χ4n) is 4.68. The van der Waals surface area contributed by atoms with Crippen molar-refractivity contribution in [2.24, 2.45) is 15.9 Å². The average Bonchev–Trinajstić information content (AvgIpc) is 3.66. The van der Waals surface area contributed by atoms with Gasteiger partial charge in [0.1, 0.15) is 28.9 Å². The number of rotatable bonds is 3. The molecule has 1 aromatic carbocycles. The number of hydrogen-bond donors (Lipinski definition) is 3. The van der Waals surface area contributed by atoms with Gasteiger partial charge < -0.3 is 20.7 Å². The van der Waals surface area contributed by atoms with E-state index in [0.717, 1.165) is 5.56 Å². The first-order chi connectivity index (χ1) is 18.7. The largest absolute Gasteiger partial charge is 0.474 e. The highest BCUT2D eigenvalue weighted by Gasteiger charge is 2.39. The second-order valence-corrected chi connectivity index (χ2v) is 12.2. The topological polar surface area (TPSA) is 134 Å². The molecule has 3 aliphatic heterocycles. The Morgan fingerprint density at radius 2 is 1.79 bits per heavy atom. The van der Waals surface area contributed by atoms with Crippen molar-refractivity contribution < 1.29 is 19.1 Å².